The highest BCUT2D eigenvalue weighted by Crippen LogP contribution is 2.24. The summed E-state index contributed by atoms with van der Waals surface area (Å²) in [4.78, 5) is 11.8. The van der Waals surface area contributed by atoms with E-state index in [1.165, 1.54) is 34.6 Å². The van der Waals surface area contributed by atoms with Gasteiger partial charge in [0.25, 0.3) is 5.91 Å². The number of halogens is 2. The predicted molar refractivity (Wildman–Crippen MR) is 98.6 cm³/mol. The maximum atomic E-state index is 14.1. The van der Waals surface area contributed by atoms with E-state index in [0.717, 1.165) is 25.0 Å². The van der Waals surface area contributed by atoms with Gasteiger partial charge in [-0.15, -0.1) is 0 Å². The lowest BCUT2D eigenvalue weighted by Gasteiger charge is -2.16. The molecular weight excluding hydrogens is 390 g/mol. The van der Waals surface area contributed by atoms with E-state index in [-0.39, 0.29) is 24.5 Å². The number of ether oxygens (including phenoxy) is 1. The molecule has 1 aliphatic rings. The van der Waals surface area contributed by atoms with Crippen molar-refractivity contribution in [2.75, 3.05) is 26.2 Å². The van der Waals surface area contributed by atoms with E-state index in [1.54, 1.807) is 0 Å². The first-order valence-corrected chi connectivity index (χ1v) is 10.3. The first-order valence-electron chi connectivity index (χ1n) is 8.84. The Bertz CT molecular complexity index is 943. The summed E-state index contributed by atoms with van der Waals surface area (Å²) >= 11 is 0. The molecule has 1 saturated heterocycles. The van der Waals surface area contributed by atoms with Gasteiger partial charge in [-0.1, -0.05) is 0 Å². The number of amides is 1. The molecule has 1 N–H and O–H groups in total. The molecule has 9 heteroatoms. The zero-order valence-electron chi connectivity index (χ0n) is 15.0. The molecule has 150 valence electrons. The van der Waals surface area contributed by atoms with Crippen molar-refractivity contribution in [3.05, 3.63) is 59.7 Å². The van der Waals surface area contributed by atoms with Crippen molar-refractivity contribution in [2.24, 2.45) is 0 Å². The average Bonchev–Trinajstić information content (AvgIpc) is 3.22. The van der Waals surface area contributed by atoms with Gasteiger partial charge in [-0.2, -0.15) is 4.31 Å². The average molecular weight is 410 g/mol. The van der Waals surface area contributed by atoms with Gasteiger partial charge in [0.05, 0.1) is 6.54 Å². The van der Waals surface area contributed by atoms with Gasteiger partial charge < -0.3 is 10.1 Å². The lowest BCUT2D eigenvalue weighted by Crippen LogP contribution is -2.30. The fourth-order valence-corrected chi connectivity index (χ4v) is 4.48. The molecule has 0 unspecified atom stereocenters. The molecule has 2 aromatic rings. The number of nitrogens with one attached hydrogen (secondary N) is 1. The predicted octanol–water partition coefficient (Wildman–Crippen LogP) is 2.56. The molecule has 0 spiro atoms. The van der Waals surface area contributed by atoms with E-state index >= 15 is 0 Å². The molecule has 28 heavy (non-hydrogen) atoms. The van der Waals surface area contributed by atoms with E-state index in [9.17, 15) is 22.0 Å². The van der Waals surface area contributed by atoms with Gasteiger partial charge in [-0.25, -0.2) is 17.2 Å². The summed E-state index contributed by atoms with van der Waals surface area (Å²) < 4.78 is 58.7. The fourth-order valence-electron chi connectivity index (χ4n) is 2.88. The van der Waals surface area contributed by atoms with Crippen LogP contribution in [0.5, 0.6) is 5.75 Å². The summed E-state index contributed by atoms with van der Waals surface area (Å²) in [6, 6.07) is 8.71. The van der Waals surface area contributed by atoms with Gasteiger partial charge in [0, 0.05) is 18.7 Å². The number of sulfonamides is 1. The van der Waals surface area contributed by atoms with E-state index < -0.39 is 26.6 Å². The molecule has 0 saturated carbocycles. The molecular formula is C19H20F2N2O4S. The molecule has 3 rings (SSSR count). The van der Waals surface area contributed by atoms with Crippen LogP contribution in [0, 0.1) is 11.6 Å². The Morgan fingerprint density at radius 3 is 2.43 bits per heavy atom. The highest BCUT2D eigenvalue weighted by atomic mass is 32.2. The third-order valence-corrected chi connectivity index (χ3v) is 6.26. The quantitative estimate of drug-likeness (QED) is 0.712. The number of hydrogen-bond donors (Lipinski definition) is 1. The number of nitrogens with zero attached hydrogens (tertiary/aromatic N) is 1. The summed E-state index contributed by atoms with van der Waals surface area (Å²) in [6.07, 6.45) is 1.46. The monoisotopic (exact) mass is 410 g/mol. The zero-order valence-corrected chi connectivity index (χ0v) is 15.8. The summed E-state index contributed by atoms with van der Waals surface area (Å²) in [5, 5.41) is 2.58. The number of benzene rings is 2. The Kier molecular flexibility index (Phi) is 6.25. The van der Waals surface area contributed by atoms with Gasteiger partial charge in [0.1, 0.15) is 28.9 Å². The maximum Gasteiger partial charge on any atom is 0.251 e. The van der Waals surface area contributed by atoms with Crippen molar-refractivity contribution < 1.29 is 26.7 Å². The molecule has 1 aliphatic heterocycles. The van der Waals surface area contributed by atoms with Crippen molar-refractivity contribution in [3.63, 3.8) is 0 Å². The van der Waals surface area contributed by atoms with Crippen LogP contribution in [0.1, 0.15) is 23.2 Å². The molecule has 0 atom stereocenters. The van der Waals surface area contributed by atoms with Crippen LogP contribution in [0.25, 0.3) is 0 Å². The molecule has 0 bridgehead atoms. The van der Waals surface area contributed by atoms with Crippen molar-refractivity contribution >= 4 is 15.9 Å². The minimum absolute atomic E-state index is 0.0426. The van der Waals surface area contributed by atoms with E-state index in [4.69, 9.17) is 4.74 Å². The molecule has 1 fully saturated rings. The highest BCUT2D eigenvalue weighted by molar-refractivity contribution is 7.89. The Morgan fingerprint density at radius 2 is 1.75 bits per heavy atom. The van der Waals surface area contributed by atoms with Gasteiger partial charge in [-0.05, 0) is 55.3 Å². The van der Waals surface area contributed by atoms with Crippen LogP contribution in [-0.2, 0) is 10.0 Å². The van der Waals surface area contributed by atoms with Gasteiger partial charge in [0.15, 0.2) is 0 Å². The second-order valence-corrected chi connectivity index (χ2v) is 8.22. The molecule has 0 radical (unpaired) electrons. The van der Waals surface area contributed by atoms with E-state index in [2.05, 4.69) is 5.32 Å². The minimum Gasteiger partial charge on any atom is -0.492 e. The first-order chi connectivity index (χ1) is 13.4. The van der Waals surface area contributed by atoms with Crippen LogP contribution in [0.15, 0.2) is 47.4 Å². The fraction of sp³-hybridized carbons (Fsp3) is 0.316. The zero-order chi connectivity index (χ0) is 20.1. The number of carbonyl (C=O) groups is 1. The molecule has 6 nitrogen and oxygen atoms in total. The van der Waals surface area contributed by atoms with Crippen LogP contribution in [0.2, 0.25) is 0 Å². The largest absolute Gasteiger partial charge is 0.492 e. The molecule has 0 aliphatic carbocycles. The normalized spacial score (nSPS) is 14.8. The van der Waals surface area contributed by atoms with E-state index in [1.807, 2.05) is 0 Å². The minimum atomic E-state index is -3.97. The molecule has 2 aromatic carbocycles. The Balaban J connectivity index is 1.61. The van der Waals surface area contributed by atoms with Gasteiger partial charge in [0.2, 0.25) is 10.0 Å². The van der Waals surface area contributed by atoms with Gasteiger partial charge >= 0.3 is 0 Å². The lowest BCUT2D eigenvalue weighted by atomic mass is 10.2. The third kappa shape index (κ3) is 4.66. The summed E-state index contributed by atoms with van der Waals surface area (Å²) in [5.74, 6) is -1.35. The van der Waals surface area contributed by atoms with Crippen LogP contribution in [0.4, 0.5) is 8.78 Å². The van der Waals surface area contributed by atoms with Crippen LogP contribution < -0.4 is 10.1 Å². The second-order valence-electron chi connectivity index (χ2n) is 6.31. The number of rotatable bonds is 7. The van der Waals surface area contributed by atoms with Crippen LogP contribution >= 0.6 is 0 Å². The molecule has 0 aromatic heterocycles. The van der Waals surface area contributed by atoms with Crippen molar-refractivity contribution in [3.8, 4) is 5.75 Å². The van der Waals surface area contributed by atoms with Crippen LogP contribution in [-0.4, -0.2) is 44.9 Å². The van der Waals surface area contributed by atoms with Crippen LogP contribution in [0.3, 0.4) is 0 Å². The topological polar surface area (TPSA) is 75.7 Å². The Hall–Kier alpha value is -2.52. The van der Waals surface area contributed by atoms with E-state index in [0.29, 0.717) is 18.8 Å². The summed E-state index contributed by atoms with van der Waals surface area (Å²) in [6.45, 7) is 0.969. The van der Waals surface area contributed by atoms with Gasteiger partial charge in [-0.3, -0.25) is 4.79 Å². The highest BCUT2D eigenvalue weighted by Gasteiger charge is 2.30. The summed E-state index contributed by atoms with van der Waals surface area (Å²) in [7, 11) is -3.97. The second kappa shape index (κ2) is 8.66. The number of hydrogen-bond acceptors (Lipinski definition) is 4. The smallest absolute Gasteiger partial charge is 0.251 e. The summed E-state index contributed by atoms with van der Waals surface area (Å²) in [5.41, 5.74) is 0.0426. The molecule has 1 amide bonds. The molecule has 1 heterocycles. The number of carbonyl (C=O) groups excluding carboxylic acids is 1. The first kappa shape index (κ1) is 20.2. The Morgan fingerprint density at radius 1 is 1.07 bits per heavy atom. The lowest BCUT2D eigenvalue weighted by molar-refractivity contribution is 0.0946. The Labute approximate surface area is 162 Å². The SMILES string of the molecule is O=C(NCCOc1ccc(F)cc1)c1ccc(F)c(S(=O)(=O)N2CCCC2)c1. The van der Waals surface area contributed by atoms with Crippen molar-refractivity contribution in [2.45, 2.75) is 17.7 Å². The van der Waals surface area contributed by atoms with Crippen molar-refractivity contribution in [1.29, 1.82) is 0 Å². The third-order valence-electron chi connectivity index (χ3n) is 4.35. The standard InChI is InChI=1S/C19H20F2N2O4S/c20-15-4-6-16(7-5-15)27-12-9-22-19(24)14-3-8-17(21)18(13-14)28(25,26)23-10-1-2-11-23/h3-8,13H,1-2,9-12H2,(H,22,24). The maximum absolute atomic E-state index is 14.1. The van der Waals surface area contributed by atoms with Crippen molar-refractivity contribution in [1.82, 2.24) is 9.62 Å².